The van der Waals surface area contributed by atoms with Crippen molar-refractivity contribution in [2.75, 3.05) is 18.8 Å². The third-order valence-electron chi connectivity index (χ3n) is 3.40. The van der Waals surface area contributed by atoms with E-state index in [4.69, 9.17) is 17.3 Å². The number of halogens is 1. The van der Waals surface area contributed by atoms with Crippen LogP contribution in [0.3, 0.4) is 0 Å². The van der Waals surface area contributed by atoms with Gasteiger partial charge in [0.1, 0.15) is 0 Å². The van der Waals surface area contributed by atoms with E-state index in [2.05, 4.69) is 13.8 Å². The average molecular weight is 267 g/mol. The first kappa shape index (κ1) is 13.2. The molecule has 0 aliphatic carbocycles. The van der Waals surface area contributed by atoms with Crippen molar-refractivity contribution in [1.29, 1.82) is 0 Å². The summed E-state index contributed by atoms with van der Waals surface area (Å²) < 4.78 is 0. The van der Waals surface area contributed by atoms with Crippen molar-refractivity contribution in [3.05, 3.63) is 28.8 Å². The van der Waals surface area contributed by atoms with Crippen molar-refractivity contribution >= 4 is 23.2 Å². The molecule has 0 saturated carbocycles. The Bertz CT molecular complexity index is 451. The number of anilines is 1. The number of carbonyl (C=O) groups excluding carboxylic acids is 1. The Kier molecular flexibility index (Phi) is 3.81. The molecule has 2 atom stereocenters. The second-order valence-electron chi connectivity index (χ2n) is 5.39. The van der Waals surface area contributed by atoms with Crippen LogP contribution in [0, 0.1) is 11.8 Å². The van der Waals surface area contributed by atoms with Gasteiger partial charge in [-0.1, -0.05) is 25.4 Å². The van der Waals surface area contributed by atoms with Crippen molar-refractivity contribution in [1.82, 2.24) is 4.90 Å². The maximum atomic E-state index is 12.4. The highest BCUT2D eigenvalue weighted by Crippen LogP contribution is 2.24. The molecule has 2 N–H and O–H groups in total. The van der Waals surface area contributed by atoms with E-state index in [-0.39, 0.29) is 5.91 Å². The molecule has 4 heteroatoms. The summed E-state index contributed by atoms with van der Waals surface area (Å²) in [6.45, 7) is 6.02. The Balaban J connectivity index is 2.17. The molecule has 18 heavy (non-hydrogen) atoms. The predicted molar refractivity (Wildman–Crippen MR) is 74.7 cm³/mol. The topological polar surface area (TPSA) is 46.3 Å². The van der Waals surface area contributed by atoms with Crippen LogP contribution in [0.25, 0.3) is 0 Å². The fourth-order valence-corrected chi connectivity index (χ4v) is 2.81. The maximum absolute atomic E-state index is 12.4. The molecule has 1 heterocycles. The van der Waals surface area contributed by atoms with Gasteiger partial charge in [-0.05, 0) is 36.5 Å². The molecule has 1 amide bonds. The van der Waals surface area contributed by atoms with Crippen LogP contribution in [0.5, 0.6) is 0 Å². The summed E-state index contributed by atoms with van der Waals surface area (Å²) in [6.07, 6.45) is 1.19. The summed E-state index contributed by atoms with van der Waals surface area (Å²) in [7, 11) is 0. The number of piperidine rings is 1. The molecule has 0 radical (unpaired) electrons. The molecule has 1 saturated heterocycles. The number of amides is 1. The van der Waals surface area contributed by atoms with Crippen LogP contribution < -0.4 is 5.73 Å². The van der Waals surface area contributed by atoms with Crippen LogP contribution in [-0.2, 0) is 0 Å². The third kappa shape index (κ3) is 2.78. The summed E-state index contributed by atoms with van der Waals surface area (Å²) >= 11 is 5.87. The van der Waals surface area contributed by atoms with Crippen molar-refractivity contribution in [2.45, 2.75) is 20.3 Å². The van der Waals surface area contributed by atoms with Gasteiger partial charge in [-0.2, -0.15) is 0 Å². The van der Waals surface area contributed by atoms with E-state index in [9.17, 15) is 4.79 Å². The first-order chi connectivity index (χ1) is 8.47. The van der Waals surface area contributed by atoms with E-state index in [1.54, 1.807) is 18.2 Å². The molecule has 1 aliphatic rings. The number of benzene rings is 1. The molecule has 1 aromatic rings. The molecule has 98 valence electrons. The fourth-order valence-electron chi connectivity index (χ4n) is 2.69. The van der Waals surface area contributed by atoms with Gasteiger partial charge in [0.15, 0.2) is 0 Å². The van der Waals surface area contributed by atoms with Gasteiger partial charge in [0.25, 0.3) is 5.91 Å². The molecule has 0 aromatic heterocycles. The van der Waals surface area contributed by atoms with E-state index >= 15 is 0 Å². The number of likely N-dealkylation sites (tertiary alicyclic amines) is 1. The predicted octanol–water partition coefficient (Wildman–Crippen LogP) is 3.04. The molecule has 1 aromatic carbocycles. The van der Waals surface area contributed by atoms with E-state index in [0.29, 0.717) is 28.1 Å². The molecule has 1 aliphatic heterocycles. The number of nitrogen functional groups attached to an aromatic ring is 1. The summed E-state index contributed by atoms with van der Waals surface area (Å²) in [4.78, 5) is 14.3. The number of nitrogens with two attached hydrogens (primary N) is 1. The average Bonchev–Trinajstić information content (AvgIpc) is 2.30. The molecule has 0 spiro atoms. The van der Waals surface area contributed by atoms with Crippen molar-refractivity contribution < 1.29 is 4.79 Å². The van der Waals surface area contributed by atoms with Gasteiger partial charge >= 0.3 is 0 Å². The van der Waals surface area contributed by atoms with Crippen LogP contribution in [-0.4, -0.2) is 23.9 Å². The zero-order chi connectivity index (χ0) is 13.3. The fraction of sp³-hybridized carbons (Fsp3) is 0.500. The molecule has 1 fully saturated rings. The first-order valence-electron chi connectivity index (χ1n) is 6.31. The van der Waals surface area contributed by atoms with Gasteiger partial charge in [0, 0.05) is 18.7 Å². The molecular weight excluding hydrogens is 248 g/mol. The SMILES string of the molecule is C[C@@H]1C[C@H](C)CN(C(=O)c2ccc(Cl)c(N)c2)C1. The minimum Gasteiger partial charge on any atom is -0.398 e. The maximum Gasteiger partial charge on any atom is 0.253 e. The van der Waals surface area contributed by atoms with Gasteiger partial charge < -0.3 is 10.6 Å². The van der Waals surface area contributed by atoms with Crippen LogP contribution in [0.2, 0.25) is 5.02 Å². The Morgan fingerprint density at radius 2 is 1.94 bits per heavy atom. The quantitative estimate of drug-likeness (QED) is 0.794. The molecule has 0 bridgehead atoms. The van der Waals surface area contributed by atoms with Crippen molar-refractivity contribution in [3.8, 4) is 0 Å². The largest absolute Gasteiger partial charge is 0.398 e. The van der Waals surface area contributed by atoms with Crippen LogP contribution in [0.15, 0.2) is 18.2 Å². The Hall–Kier alpha value is -1.22. The second kappa shape index (κ2) is 5.19. The molecule has 0 unspecified atom stereocenters. The Labute approximate surface area is 113 Å². The van der Waals surface area contributed by atoms with Crippen molar-refractivity contribution in [2.24, 2.45) is 11.8 Å². The normalized spacial score (nSPS) is 24.1. The van der Waals surface area contributed by atoms with E-state index in [1.165, 1.54) is 6.42 Å². The molecule has 3 nitrogen and oxygen atoms in total. The lowest BCUT2D eigenvalue weighted by Gasteiger charge is -2.35. The number of hydrogen-bond donors (Lipinski definition) is 1. The summed E-state index contributed by atoms with van der Waals surface area (Å²) in [6, 6.07) is 5.08. The highest BCUT2D eigenvalue weighted by molar-refractivity contribution is 6.33. The number of carbonyl (C=O) groups is 1. The van der Waals surface area contributed by atoms with Gasteiger partial charge in [0.2, 0.25) is 0 Å². The van der Waals surface area contributed by atoms with Gasteiger partial charge in [-0.3, -0.25) is 4.79 Å². The van der Waals surface area contributed by atoms with Gasteiger partial charge in [-0.25, -0.2) is 0 Å². The first-order valence-corrected chi connectivity index (χ1v) is 6.69. The summed E-state index contributed by atoms with van der Waals surface area (Å²) in [5, 5.41) is 0.493. The van der Waals surface area contributed by atoms with Crippen LogP contribution >= 0.6 is 11.6 Å². The zero-order valence-corrected chi connectivity index (χ0v) is 11.6. The third-order valence-corrected chi connectivity index (χ3v) is 3.74. The van der Waals surface area contributed by atoms with E-state index in [1.807, 2.05) is 4.90 Å². The molecule has 2 rings (SSSR count). The highest BCUT2D eigenvalue weighted by atomic mass is 35.5. The smallest absolute Gasteiger partial charge is 0.253 e. The summed E-state index contributed by atoms with van der Waals surface area (Å²) in [5.74, 6) is 1.17. The zero-order valence-electron chi connectivity index (χ0n) is 10.8. The monoisotopic (exact) mass is 266 g/mol. The van der Waals surface area contributed by atoms with Crippen molar-refractivity contribution in [3.63, 3.8) is 0 Å². The number of hydrogen-bond acceptors (Lipinski definition) is 2. The van der Waals surface area contributed by atoms with E-state index in [0.717, 1.165) is 13.1 Å². The molecular formula is C14H19ClN2O. The number of nitrogens with zero attached hydrogens (tertiary/aromatic N) is 1. The van der Waals surface area contributed by atoms with Crippen LogP contribution in [0.4, 0.5) is 5.69 Å². The lowest BCUT2D eigenvalue weighted by atomic mass is 9.91. The van der Waals surface area contributed by atoms with Crippen LogP contribution in [0.1, 0.15) is 30.6 Å². The summed E-state index contributed by atoms with van der Waals surface area (Å²) in [5.41, 5.74) is 6.82. The minimum atomic E-state index is 0.0526. The Morgan fingerprint density at radius 1 is 1.33 bits per heavy atom. The second-order valence-corrected chi connectivity index (χ2v) is 5.80. The minimum absolute atomic E-state index is 0.0526. The van der Waals surface area contributed by atoms with E-state index < -0.39 is 0 Å². The standard InChI is InChI=1S/C14H19ClN2O/c1-9-5-10(2)8-17(7-9)14(18)11-3-4-12(15)13(16)6-11/h3-4,6,9-10H,5,7-8,16H2,1-2H3/t9-,10+. The van der Waals surface area contributed by atoms with Gasteiger partial charge in [0.05, 0.1) is 10.7 Å². The lowest BCUT2D eigenvalue weighted by molar-refractivity contribution is 0.0623. The Morgan fingerprint density at radius 3 is 2.50 bits per heavy atom. The van der Waals surface area contributed by atoms with Gasteiger partial charge in [-0.15, -0.1) is 0 Å². The number of rotatable bonds is 1. The lowest BCUT2D eigenvalue weighted by Crippen LogP contribution is -2.42. The highest BCUT2D eigenvalue weighted by Gasteiger charge is 2.26.